The zero-order valence-corrected chi connectivity index (χ0v) is 16.1. The number of benzene rings is 1. The topological polar surface area (TPSA) is 70.6 Å². The van der Waals surface area contributed by atoms with Gasteiger partial charge in [0.05, 0.1) is 34.8 Å². The number of fused-ring (bicyclic) bond motifs is 1. The first-order valence-electron chi connectivity index (χ1n) is 8.41. The van der Waals surface area contributed by atoms with Gasteiger partial charge in [-0.25, -0.2) is 13.4 Å². The Balaban J connectivity index is 1.61. The lowest BCUT2D eigenvalue weighted by Gasteiger charge is -2.28. The molecule has 2 heterocycles. The molecule has 136 valence electrons. The van der Waals surface area contributed by atoms with Crippen LogP contribution in [0.4, 0.5) is 0 Å². The molecule has 0 aliphatic carbocycles. The summed E-state index contributed by atoms with van der Waals surface area (Å²) >= 11 is 1.63. The number of para-hydroxylation sites is 1. The van der Waals surface area contributed by atoms with Crippen LogP contribution in [-0.2, 0) is 21.2 Å². The number of nitrogens with zero attached hydrogens (tertiary/aromatic N) is 3. The molecule has 1 aromatic heterocycles. The number of aromatic nitrogens is 1. The van der Waals surface area contributed by atoms with Crippen LogP contribution >= 0.6 is 11.3 Å². The minimum absolute atomic E-state index is 0.0202. The smallest absolute Gasteiger partial charge is 0.237 e. The highest BCUT2D eigenvalue weighted by Gasteiger charge is 2.34. The third kappa shape index (κ3) is 4.37. The molecule has 1 aromatic carbocycles. The van der Waals surface area contributed by atoms with Crippen LogP contribution in [0.25, 0.3) is 10.2 Å². The second kappa shape index (κ2) is 7.39. The van der Waals surface area contributed by atoms with Crippen LogP contribution in [0.2, 0.25) is 0 Å². The lowest BCUT2D eigenvalue weighted by molar-refractivity contribution is -0.133. The lowest BCUT2D eigenvalue weighted by Crippen LogP contribution is -2.45. The highest BCUT2D eigenvalue weighted by atomic mass is 32.2. The van der Waals surface area contributed by atoms with Gasteiger partial charge in [0, 0.05) is 12.6 Å². The fraction of sp³-hybridized carbons (Fsp3) is 0.529. The number of thiazole rings is 1. The van der Waals surface area contributed by atoms with Crippen molar-refractivity contribution in [3.05, 3.63) is 29.3 Å². The van der Waals surface area contributed by atoms with Gasteiger partial charge in [-0.3, -0.25) is 9.69 Å². The van der Waals surface area contributed by atoms with Crippen LogP contribution in [0.15, 0.2) is 24.3 Å². The van der Waals surface area contributed by atoms with Crippen molar-refractivity contribution in [2.75, 3.05) is 31.6 Å². The van der Waals surface area contributed by atoms with Crippen molar-refractivity contribution >= 4 is 37.3 Å². The highest BCUT2D eigenvalue weighted by molar-refractivity contribution is 7.91. The average molecular weight is 382 g/mol. The van der Waals surface area contributed by atoms with Crippen LogP contribution < -0.4 is 0 Å². The monoisotopic (exact) mass is 381 g/mol. The molecule has 0 radical (unpaired) electrons. The third-order valence-electron chi connectivity index (χ3n) is 4.46. The number of amides is 1. The number of sulfone groups is 1. The molecule has 0 N–H and O–H groups in total. The maximum atomic E-state index is 12.6. The van der Waals surface area contributed by atoms with E-state index in [0.29, 0.717) is 19.5 Å². The quantitative estimate of drug-likeness (QED) is 0.763. The molecule has 1 fully saturated rings. The van der Waals surface area contributed by atoms with Crippen LogP contribution in [0.5, 0.6) is 0 Å². The summed E-state index contributed by atoms with van der Waals surface area (Å²) in [6, 6.07) is 7.81. The predicted molar refractivity (Wildman–Crippen MR) is 100 cm³/mol. The van der Waals surface area contributed by atoms with E-state index in [1.165, 1.54) is 0 Å². The van der Waals surface area contributed by atoms with E-state index >= 15 is 0 Å². The van der Waals surface area contributed by atoms with E-state index in [9.17, 15) is 13.2 Å². The minimum atomic E-state index is -2.99. The fourth-order valence-corrected chi connectivity index (χ4v) is 6.03. The van der Waals surface area contributed by atoms with Gasteiger partial charge in [-0.15, -0.1) is 11.3 Å². The Morgan fingerprint density at radius 2 is 2.12 bits per heavy atom. The first kappa shape index (κ1) is 18.3. The first-order valence-corrected chi connectivity index (χ1v) is 11.0. The number of rotatable bonds is 6. The summed E-state index contributed by atoms with van der Waals surface area (Å²) in [6.07, 6.45) is 0.545. The maximum absolute atomic E-state index is 12.6. The molecule has 1 amide bonds. The fourth-order valence-electron chi connectivity index (χ4n) is 3.26. The molecule has 6 nitrogen and oxygen atoms in total. The Hall–Kier alpha value is -1.51. The summed E-state index contributed by atoms with van der Waals surface area (Å²) < 4.78 is 24.5. The van der Waals surface area contributed by atoms with Crippen LogP contribution in [0.3, 0.4) is 0 Å². The van der Waals surface area contributed by atoms with Crippen molar-refractivity contribution in [3.8, 4) is 0 Å². The Bertz CT molecular complexity index is 830. The summed E-state index contributed by atoms with van der Waals surface area (Å²) in [5.74, 6) is 0.255. The van der Waals surface area contributed by atoms with Crippen molar-refractivity contribution in [1.29, 1.82) is 0 Å². The van der Waals surface area contributed by atoms with Gasteiger partial charge in [0.1, 0.15) is 5.01 Å². The second-order valence-electron chi connectivity index (χ2n) is 6.48. The molecular weight excluding hydrogens is 358 g/mol. The zero-order chi connectivity index (χ0) is 18.0. The molecule has 0 bridgehead atoms. The molecular formula is C17H23N3O3S2. The van der Waals surface area contributed by atoms with E-state index in [4.69, 9.17) is 0 Å². The molecule has 1 aliphatic rings. The van der Waals surface area contributed by atoms with Gasteiger partial charge in [-0.1, -0.05) is 12.1 Å². The molecule has 3 rings (SSSR count). The molecule has 2 aromatic rings. The summed E-state index contributed by atoms with van der Waals surface area (Å²) in [4.78, 5) is 20.9. The third-order valence-corrected chi connectivity index (χ3v) is 7.23. The standard InChI is InChI=1S/C17H23N3O3S2/c1-3-20(13-8-9-25(22,23)12-13)17(21)11-19(2)10-16-18-14-6-4-5-7-15(14)24-16/h4-7,13H,3,8-12H2,1-2H3. The molecule has 1 atom stereocenters. The number of likely N-dealkylation sites (N-methyl/N-ethyl adjacent to an activating group) is 2. The van der Waals surface area contributed by atoms with Gasteiger partial charge in [0.15, 0.2) is 9.84 Å². The number of carbonyl (C=O) groups excluding carboxylic acids is 1. The van der Waals surface area contributed by atoms with Gasteiger partial charge < -0.3 is 4.90 Å². The van der Waals surface area contributed by atoms with Gasteiger partial charge in [-0.05, 0) is 32.5 Å². The van der Waals surface area contributed by atoms with Crippen LogP contribution in [-0.4, -0.2) is 66.8 Å². The van der Waals surface area contributed by atoms with E-state index in [2.05, 4.69) is 4.98 Å². The number of carbonyl (C=O) groups is 1. The van der Waals surface area contributed by atoms with Crippen molar-refractivity contribution in [2.45, 2.75) is 25.9 Å². The summed E-state index contributed by atoms with van der Waals surface area (Å²) in [6.45, 7) is 3.30. The van der Waals surface area contributed by atoms with Crippen molar-refractivity contribution in [3.63, 3.8) is 0 Å². The molecule has 1 saturated heterocycles. The SMILES string of the molecule is CCN(C(=O)CN(C)Cc1nc2ccccc2s1)C1CCS(=O)(=O)C1. The van der Waals surface area contributed by atoms with Gasteiger partial charge in [0.2, 0.25) is 5.91 Å². The number of hydrogen-bond donors (Lipinski definition) is 0. The Morgan fingerprint density at radius 3 is 2.76 bits per heavy atom. The minimum Gasteiger partial charge on any atom is -0.338 e. The van der Waals surface area contributed by atoms with Crippen LogP contribution in [0.1, 0.15) is 18.4 Å². The normalized spacial score (nSPS) is 19.6. The number of hydrogen-bond acceptors (Lipinski definition) is 6. The second-order valence-corrected chi connectivity index (χ2v) is 9.83. The molecule has 1 unspecified atom stereocenters. The molecule has 1 aliphatic heterocycles. The molecule has 25 heavy (non-hydrogen) atoms. The Morgan fingerprint density at radius 1 is 1.36 bits per heavy atom. The zero-order valence-electron chi connectivity index (χ0n) is 14.5. The van der Waals surface area contributed by atoms with Crippen molar-refractivity contribution < 1.29 is 13.2 Å². The maximum Gasteiger partial charge on any atom is 0.237 e. The molecule has 0 spiro atoms. The summed E-state index contributed by atoms with van der Waals surface area (Å²) in [5, 5.41) is 0.975. The summed E-state index contributed by atoms with van der Waals surface area (Å²) in [7, 11) is -1.10. The van der Waals surface area contributed by atoms with Crippen molar-refractivity contribution in [2.24, 2.45) is 0 Å². The first-order chi connectivity index (χ1) is 11.9. The van der Waals surface area contributed by atoms with Gasteiger partial charge in [-0.2, -0.15) is 0 Å². The average Bonchev–Trinajstić information content (AvgIpc) is 3.10. The Labute approximate surface area is 152 Å². The highest BCUT2D eigenvalue weighted by Crippen LogP contribution is 2.22. The van der Waals surface area contributed by atoms with E-state index in [-0.39, 0.29) is 30.0 Å². The van der Waals surface area contributed by atoms with E-state index in [1.54, 1.807) is 16.2 Å². The molecule has 8 heteroatoms. The van der Waals surface area contributed by atoms with E-state index < -0.39 is 9.84 Å². The molecule has 0 saturated carbocycles. The lowest BCUT2D eigenvalue weighted by atomic mass is 10.2. The summed E-state index contributed by atoms with van der Waals surface area (Å²) in [5.41, 5.74) is 0.980. The van der Waals surface area contributed by atoms with E-state index in [0.717, 1.165) is 15.2 Å². The van der Waals surface area contributed by atoms with Crippen LogP contribution in [0, 0.1) is 0 Å². The van der Waals surface area contributed by atoms with Crippen molar-refractivity contribution in [1.82, 2.24) is 14.8 Å². The largest absolute Gasteiger partial charge is 0.338 e. The van der Waals surface area contributed by atoms with E-state index in [1.807, 2.05) is 43.1 Å². The predicted octanol–water partition coefficient (Wildman–Crippen LogP) is 1.76. The Kier molecular flexibility index (Phi) is 5.41. The van der Waals surface area contributed by atoms with Gasteiger partial charge in [0.25, 0.3) is 0 Å². The van der Waals surface area contributed by atoms with Gasteiger partial charge >= 0.3 is 0 Å².